The van der Waals surface area contributed by atoms with Gasteiger partial charge in [0.1, 0.15) is 11.6 Å². The van der Waals surface area contributed by atoms with Crippen molar-refractivity contribution in [2.24, 2.45) is 0 Å². The van der Waals surface area contributed by atoms with Gasteiger partial charge >= 0.3 is 0 Å². The van der Waals surface area contributed by atoms with Crippen LogP contribution in [0, 0.1) is 6.92 Å². The second-order valence-corrected chi connectivity index (χ2v) is 7.08. The molecule has 0 atom stereocenters. The van der Waals surface area contributed by atoms with Crippen LogP contribution in [0.2, 0.25) is 0 Å². The van der Waals surface area contributed by atoms with Gasteiger partial charge in [0.15, 0.2) is 9.84 Å². The van der Waals surface area contributed by atoms with Crippen molar-refractivity contribution in [2.45, 2.75) is 11.8 Å². The maximum atomic E-state index is 11.5. The van der Waals surface area contributed by atoms with E-state index in [0.717, 1.165) is 22.9 Å². The molecule has 5 nitrogen and oxygen atoms in total. The molecule has 0 aliphatic carbocycles. The summed E-state index contributed by atoms with van der Waals surface area (Å²) in [5, 5.41) is 0. The van der Waals surface area contributed by atoms with Crippen molar-refractivity contribution in [3.8, 4) is 17.2 Å². The molecule has 112 valence electrons. The SMILES string of the molecule is Cc1cn(-c2ccccn2)c(-c2ccc(S(C)(=O)=O)cc2)n1. The Bertz CT molecular complexity index is 898. The lowest BCUT2D eigenvalue weighted by atomic mass is 10.2. The first-order chi connectivity index (χ1) is 10.4. The van der Waals surface area contributed by atoms with Gasteiger partial charge in [-0.15, -0.1) is 0 Å². The number of benzene rings is 1. The van der Waals surface area contributed by atoms with Gasteiger partial charge in [-0.2, -0.15) is 0 Å². The molecule has 0 N–H and O–H groups in total. The van der Waals surface area contributed by atoms with E-state index in [1.165, 1.54) is 6.26 Å². The molecule has 0 spiro atoms. The van der Waals surface area contributed by atoms with E-state index in [0.29, 0.717) is 4.90 Å². The lowest BCUT2D eigenvalue weighted by Crippen LogP contribution is -2.00. The molecule has 0 aliphatic rings. The zero-order valence-electron chi connectivity index (χ0n) is 12.3. The first-order valence-corrected chi connectivity index (χ1v) is 8.62. The number of imidazole rings is 1. The Morgan fingerprint density at radius 3 is 2.36 bits per heavy atom. The van der Waals surface area contributed by atoms with Gasteiger partial charge in [0.2, 0.25) is 0 Å². The number of sulfone groups is 1. The fourth-order valence-corrected chi connectivity index (χ4v) is 2.85. The number of hydrogen-bond donors (Lipinski definition) is 0. The Balaban J connectivity index is 2.10. The van der Waals surface area contributed by atoms with E-state index in [4.69, 9.17) is 0 Å². The molecular formula is C16H15N3O2S. The molecule has 22 heavy (non-hydrogen) atoms. The van der Waals surface area contributed by atoms with Crippen molar-refractivity contribution in [1.29, 1.82) is 0 Å². The van der Waals surface area contributed by atoms with Crippen molar-refractivity contribution >= 4 is 9.84 Å². The highest BCUT2D eigenvalue weighted by Gasteiger charge is 2.12. The topological polar surface area (TPSA) is 64.8 Å². The van der Waals surface area contributed by atoms with Gasteiger partial charge in [-0.25, -0.2) is 18.4 Å². The van der Waals surface area contributed by atoms with E-state index < -0.39 is 9.84 Å². The Kier molecular flexibility index (Phi) is 3.54. The minimum Gasteiger partial charge on any atom is -0.284 e. The molecule has 0 bridgehead atoms. The highest BCUT2D eigenvalue weighted by Crippen LogP contribution is 2.23. The summed E-state index contributed by atoms with van der Waals surface area (Å²) in [4.78, 5) is 9.15. The van der Waals surface area contributed by atoms with Crippen molar-refractivity contribution < 1.29 is 8.42 Å². The minimum atomic E-state index is -3.20. The monoisotopic (exact) mass is 313 g/mol. The number of rotatable bonds is 3. The number of hydrogen-bond acceptors (Lipinski definition) is 4. The van der Waals surface area contributed by atoms with Crippen LogP contribution in [0.3, 0.4) is 0 Å². The molecule has 0 amide bonds. The zero-order valence-corrected chi connectivity index (χ0v) is 13.1. The van der Waals surface area contributed by atoms with Crippen LogP contribution < -0.4 is 0 Å². The molecule has 2 heterocycles. The summed E-state index contributed by atoms with van der Waals surface area (Å²) in [5.74, 6) is 1.50. The quantitative estimate of drug-likeness (QED) is 0.745. The van der Waals surface area contributed by atoms with E-state index in [2.05, 4.69) is 9.97 Å². The smallest absolute Gasteiger partial charge is 0.175 e. The standard InChI is InChI=1S/C16H15N3O2S/c1-12-11-19(15-5-3-4-10-17-15)16(18-12)13-6-8-14(9-7-13)22(2,20)21/h3-11H,1-2H3. The Morgan fingerprint density at radius 2 is 1.77 bits per heavy atom. The second-order valence-electron chi connectivity index (χ2n) is 5.06. The fourth-order valence-electron chi connectivity index (χ4n) is 2.22. The predicted molar refractivity (Wildman–Crippen MR) is 84.6 cm³/mol. The van der Waals surface area contributed by atoms with E-state index in [1.807, 2.05) is 35.9 Å². The van der Waals surface area contributed by atoms with Crippen molar-refractivity contribution in [2.75, 3.05) is 6.26 Å². The first-order valence-electron chi connectivity index (χ1n) is 6.73. The first kappa shape index (κ1) is 14.5. The number of nitrogens with zero attached hydrogens (tertiary/aromatic N) is 3. The lowest BCUT2D eigenvalue weighted by molar-refractivity contribution is 0.602. The van der Waals surface area contributed by atoms with Gasteiger partial charge in [-0.1, -0.05) is 6.07 Å². The van der Waals surface area contributed by atoms with Gasteiger partial charge in [0.25, 0.3) is 0 Å². The third-order valence-electron chi connectivity index (χ3n) is 3.26. The van der Waals surface area contributed by atoms with E-state index in [1.54, 1.807) is 30.5 Å². The third-order valence-corrected chi connectivity index (χ3v) is 4.39. The van der Waals surface area contributed by atoms with Gasteiger partial charge in [-0.05, 0) is 43.3 Å². The van der Waals surface area contributed by atoms with Gasteiger partial charge in [0, 0.05) is 24.2 Å². The average molecular weight is 313 g/mol. The average Bonchev–Trinajstić information content (AvgIpc) is 2.89. The molecule has 0 radical (unpaired) electrons. The second kappa shape index (κ2) is 5.38. The fraction of sp³-hybridized carbons (Fsp3) is 0.125. The van der Waals surface area contributed by atoms with Crippen LogP contribution in [0.25, 0.3) is 17.2 Å². The summed E-state index contributed by atoms with van der Waals surface area (Å²) in [7, 11) is -3.20. The molecule has 3 rings (SSSR count). The van der Waals surface area contributed by atoms with E-state index >= 15 is 0 Å². The summed E-state index contributed by atoms with van der Waals surface area (Å²) in [6.45, 7) is 1.91. The van der Waals surface area contributed by atoms with Crippen LogP contribution in [-0.2, 0) is 9.84 Å². The highest BCUT2D eigenvalue weighted by molar-refractivity contribution is 7.90. The Hall–Kier alpha value is -2.47. The van der Waals surface area contributed by atoms with Gasteiger partial charge < -0.3 is 0 Å². The molecule has 3 aromatic rings. The molecule has 6 heteroatoms. The number of aromatic nitrogens is 3. The summed E-state index contributed by atoms with van der Waals surface area (Å²) >= 11 is 0. The summed E-state index contributed by atoms with van der Waals surface area (Å²) in [6, 6.07) is 12.4. The third kappa shape index (κ3) is 2.78. The normalized spacial score (nSPS) is 11.5. The molecule has 0 aliphatic heterocycles. The zero-order chi connectivity index (χ0) is 15.7. The van der Waals surface area contributed by atoms with E-state index in [-0.39, 0.29) is 0 Å². The largest absolute Gasteiger partial charge is 0.284 e. The predicted octanol–water partition coefficient (Wildman–Crippen LogP) is 2.65. The summed E-state index contributed by atoms with van der Waals surface area (Å²) in [6.07, 6.45) is 4.82. The van der Waals surface area contributed by atoms with Crippen LogP contribution >= 0.6 is 0 Å². The van der Waals surface area contributed by atoms with Crippen molar-refractivity contribution in [3.63, 3.8) is 0 Å². The minimum absolute atomic E-state index is 0.295. The van der Waals surface area contributed by atoms with Crippen molar-refractivity contribution in [3.05, 3.63) is 60.6 Å². The van der Waals surface area contributed by atoms with Crippen molar-refractivity contribution in [1.82, 2.24) is 14.5 Å². The highest BCUT2D eigenvalue weighted by atomic mass is 32.2. The summed E-state index contributed by atoms with van der Waals surface area (Å²) in [5.41, 5.74) is 1.71. The van der Waals surface area contributed by atoms with Gasteiger partial charge in [-0.3, -0.25) is 4.57 Å². The van der Waals surface area contributed by atoms with Crippen LogP contribution in [-0.4, -0.2) is 29.2 Å². The number of aryl methyl sites for hydroxylation is 1. The molecular weight excluding hydrogens is 298 g/mol. The Labute approximate surface area is 129 Å². The maximum absolute atomic E-state index is 11.5. The molecule has 1 aromatic carbocycles. The molecule has 0 saturated carbocycles. The molecule has 0 fully saturated rings. The molecule has 0 saturated heterocycles. The van der Waals surface area contributed by atoms with Crippen LogP contribution in [0.5, 0.6) is 0 Å². The maximum Gasteiger partial charge on any atom is 0.175 e. The van der Waals surface area contributed by atoms with Crippen LogP contribution in [0.1, 0.15) is 5.69 Å². The van der Waals surface area contributed by atoms with E-state index in [9.17, 15) is 8.42 Å². The number of pyridine rings is 1. The lowest BCUT2D eigenvalue weighted by Gasteiger charge is -2.07. The van der Waals surface area contributed by atoms with Crippen LogP contribution in [0.15, 0.2) is 59.8 Å². The Morgan fingerprint density at radius 1 is 1.05 bits per heavy atom. The van der Waals surface area contributed by atoms with Crippen LogP contribution in [0.4, 0.5) is 0 Å². The summed E-state index contributed by atoms with van der Waals surface area (Å²) < 4.78 is 25.0. The molecule has 2 aromatic heterocycles. The van der Waals surface area contributed by atoms with Gasteiger partial charge in [0.05, 0.1) is 10.6 Å². The molecule has 0 unspecified atom stereocenters.